The zero-order chi connectivity index (χ0) is 20.8. The van der Waals surface area contributed by atoms with Gasteiger partial charge in [0.2, 0.25) is 0 Å². The molecule has 0 spiro atoms. The number of carbonyl (C=O) groups is 1. The summed E-state index contributed by atoms with van der Waals surface area (Å²) in [6.07, 6.45) is 1.26. The van der Waals surface area contributed by atoms with Crippen LogP contribution < -0.4 is 5.56 Å². The molecule has 2 N–H and O–H groups in total. The first kappa shape index (κ1) is 21.5. The zero-order valence-electron chi connectivity index (χ0n) is 16.9. The fourth-order valence-electron chi connectivity index (χ4n) is 3.49. The second-order valence-corrected chi connectivity index (χ2v) is 7.56. The molecule has 0 amide bonds. The average Bonchev–Trinajstić information content (AvgIpc) is 2.62. The quantitative estimate of drug-likeness (QED) is 0.677. The van der Waals surface area contributed by atoms with Crippen molar-refractivity contribution in [3.63, 3.8) is 0 Å². The highest BCUT2D eigenvalue weighted by atomic mass is 16.5. The van der Waals surface area contributed by atoms with Crippen molar-refractivity contribution >= 4 is 5.97 Å². The number of pyridine rings is 1. The van der Waals surface area contributed by atoms with Gasteiger partial charge in [0.15, 0.2) is 0 Å². The Balaban J connectivity index is 2.38. The fraction of sp³-hybridized carbons (Fsp3) is 0.455. The van der Waals surface area contributed by atoms with Gasteiger partial charge >= 0.3 is 5.97 Å². The lowest BCUT2D eigenvalue weighted by Crippen LogP contribution is -2.29. The van der Waals surface area contributed by atoms with Crippen LogP contribution in [0, 0.1) is 12.8 Å². The molecule has 1 aromatic heterocycles. The van der Waals surface area contributed by atoms with E-state index in [1.54, 1.807) is 29.7 Å². The number of methoxy groups -OCH3 is 1. The van der Waals surface area contributed by atoms with Gasteiger partial charge in [-0.15, -0.1) is 0 Å². The van der Waals surface area contributed by atoms with E-state index in [0.29, 0.717) is 25.1 Å². The molecule has 0 aliphatic carbocycles. The number of aromatic nitrogens is 1. The molecule has 0 bridgehead atoms. The van der Waals surface area contributed by atoms with Crippen molar-refractivity contribution in [2.24, 2.45) is 5.92 Å². The number of phenols is 1. The molecule has 1 aromatic carbocycles. The lowest BCUT2D eigenvalue weighted by Gasteiger charge is -2.21. The molecule has 0 fully saturated rings. The van der Waals surface area contributed by atoms with Crippen LogP contribution in [0.4, 0.5) is 0 Å². The number of aromatic hydroxyl groups is 2. The molecule has 1 atom stereocenters. The summed E-state index contributed by atoms with van der Waals surface area (Å²) < 4.78 is 6.41. The predicted molar refractivity (Wildman–Crippen MR) is 108 cm³/mol. The molecule has 0 unspecified atom stereocenters. The van der Waals surface area contributed by atoms with Crippen LogP contribution in [0.3, 0.4) is 0 Å². The Kier molecular flexibility index (Phi) is 7.26. The summed E-state index contributed by atoms with van der Waals surface area (Å²) in [5, 5.41) is 19.9. The summed E-state index contributed by atoms with van der Waals surface area (Å²) in [7, 11) is 1.32. The van der Waals surface area contributed by atoms with Crippen LogP contribution in [0.25, 0.3) is 0 Å². The standard InChI is InChI=1S/C22H29NO5/c1-14(2)11-17(13-20(26)28-4)21-19(25)12-15(3)23(22(21)27)10-9-16-5-7-18(24)8-6-16/h5-8,12,14,17,24-25H,9-11,13H2,1-4H3/t17-/m0/s1. The highest BCUT2D eigenvalue weighted by Gasteiger charge is 2.25. The van der Waals surface area contributed by atoms with Crippen LogP contribution in [0.5, 0.6) is 11.5 Å². The summed E-state index contributed by atoms with van der Waals surface area (Å²) >= 11 is 0. The number of hydrogen-bond acceptors (Lipinski definition) is 5. The zero-order valence-corrected chi connectivity index (χ0v) is 16.9. The largest absolute Gasteiger partial charge is 0.508 e. The van der Waals surface area contributed by atoms with Gasteiger partial charge < -0.3 is 19.5 Å². The number of carbonyl (C=O) groups excluding carboxylic acids is 1. The van der Waals surface area contributed by atoms with Gasteiger partial charge in [-0.1, -0.05) is 26.0 Å². The van der Waals surface area contributed by atoms with E-state index in [1.165, 1.54) is 7.11 Å². The Morgan fingerprint density at radius 2 is 1.82 bits per heavy atom. The summed E-state index contributed by atoms with van der Waals surface area (Å²) in [4.78, 5) is 25.0. The maximum atomic E-state index is 13.2. The Hall–Kier alpha value is -2.76. The van der Waals surface area contributed by atoms with Crippen molar-refractivity contribution in [3.05, 3.63) is 57.5 Å². The molecule has 0 saturated heterocycles. The van der Waals surface area contributed by atoms with Crippen LogP contribution >= 0.6 is 0 Å². The van der Waals surface area contributed by atoms with Gasteiger partial charge in [0.05, 0.1) is 19.1 Å². The summed E-state index contributed by atoms with van der Waals surface area (Å²) in [6.45, 7) is 6.24. The SMILES string of the molecule is COC(=O)C[C@H](CC(C)C)c1c(O)cc(C)n(CCc2ccc(O)cc2)c1=O. The van der Waals surface area contributed by atoms with Gasteiger partial charge in [-0.3, -0.25) is 9.59 Å². The molecule has 2 rings (SSSR count). The van der Waals surface area contributed by atoms with E-state index in [-0.39, 0.29) is 35.0 Å². The van der Waals surface area contributed by atoms with E-state index in [1.807, 2.05) is 26.0 Å². The highest BCUT2D eigenvalue weighted by molar-refractivity contribution is 5.70. The molecule has 1 heterocycles. The highest BCUT2D eigenvalue weighted by Crippen LogP contribution is 2.31. The maximum absolute atomic E-state index is 13.2. The van der Waals surface area contributed by atoms with Crippen molar-refractivity contribution in [1.29, 1.82) is 0 Å². The third-order valence-electron chi connectivity index (χ3n) is 4.89. The van der Waals surface area contributed by atoms with Gasteiger partial charge in [-0.05, 0) is 49.4 Å². The minimum Gasteiger partial charge on any atom is -0.508 e. The number of nitrogens with zero attached hydrogens (tertiary/aromatic N) is 1. The molecule has 0 aliphatic rings. The first-order chi connectivity index (χ1) is 13.2. The lowest BCUT2D eigenvalue weighted by molar-refractivity contribution is -0.141. The van der Waals surface area contributed by atoms with E-state index in [0.717, 1.165) is 5.56 Å². The molecule has 0 radical (unpaired) electrons. The van der Waals surface area contributed by atoms with Gasteiger partial charge in [0, 0.05) is 18.2 Å². The molecule has 28 heavy (non-hydrogen) atoms. The molecule has 6 heteroatoms. The molecule has 6 nitrogen and oxygen atoms in total. The number of phenolic OH excluding ortho intramolecular Hbond substituents is 1. The third kappa shape index (κ3) is 5.38. The van der Waals surface area contributed by atoms with Crippen molar-refractivity contribution in [2.45, 2.75) is 52.5 Å². The molecule has 152 valence electrons. The van der Waals surface area contributed by atoms with Gasteiger partial charge in [0.1, 0.15) is 11.5 Å². The number of benzene rings is 1. The van der Waals surface area contributed by atoms with Crippen molar-refractivity contribution in [2.75, 3.05) is 7.11 Å². The van der Waals surface area contributed by atoms with E-state index in [9.17, 15) is 19.8 Å². The van der Waals surface area contributed by atoms with Gasteiger partial charge in [-0.25, -0.2) is 0 Å². The third-order valence-corrected chi connectivity index (χ3v) is 4.89. The molecule has 0 aliphatic heterocycles. The summed E-state index contributed by atoms with van der Waals surface area (Å²) in [5.41, 5.74) is 1.65. The Bertz CT molecular complexity index is 868. The number of aryl methyl sites for hydroxylation is 2. The Morgan fingerprint density at radius 3 is 2.39 bits per heavy atom. The molecule has 2 aromatic rings. The Labute approximate surface area is 165 Å². The smallest absolute Gasteiger partial charge is 0.306 e. The second kappa shape index (κ2) is 9.44. The lowest BCUT2D eigenvalue weighted by atomic mass is 9.87. The van der Waals surface area contributed by atoms with Crippen LogP contribution in [0.15, 0.2) is 35.1 Å². The van der Waals surface area contributed by atoms with Gasteiger partial charge in [-0.2, -0.15) is 0 Å². The fourth-order valence-corrected chi connectivity index (χ4v) is 3.49. The number of esters is 1. The van der Waals surface area contributed by atoms with E-state index in [2.05, 4.69) is 0 Å². The minimum absolute atomic E-state index is 0.0541. The minimum atomic E-state index is -0.402. The maximum Gasteiger partial charge on any atom is 0.306 e. The van der Waals surface area contributed by atoms with E-state index in [4.69, 9.17) is 4.74 Å². The monoisotopic (exact) mass is 387 g/mol. The van der Waals surface area contributed by atoms with Crippen LogP contribution in [0.1, 0.15) is 49.4 Å². The van der Waals surface area contributed by atoms with Gasteiger partial charge in [0.25, 0.3) is 5.56 Å². The molecule has 0 saturated carbocycles. The van der Waals surface area contributed by atoms with Crippen LogP contribution in [-0.4, -0.2) is 27.9 Å². The number of hydrogen-bond donors (Lipinski definition) is 2. The first-order valence-electron chi connectivity index (χ1n) is 9.51. The molecular weight excluding hydrogens is 358 g/mol. The number of rotatable bonds is 8. The summed E-state index contributed by atoms with van der Waals surface area (Å²) in [5.74, 6) is -0.428. The van der Waals surface area contributed by atoms with Crippen LogP contribution in [-0.2, 0) is 22.5 Å². The predicted octanol–water partition coefficient (Wildman–Crippen LogP) is 3.50. The van der Waals surface area contributed by atoms with Crippen molar-refractivity contribution in [1.82, 2.24) is 4.57 Å². The summed E-state index contributed by atoms with van der Waals surface area (Å²) in [6, 6.07) is 8.44. The van der Waals surface area contributed by atoms with E-state index >= 15 is 0 Å². The number of ether oxygens (including phenoxy) is 1. The van der Waals surface area contributed by atoms with Crippen molar-refractivity contribution < 1.29 is 19.7 Å². The first-order valence-corrected chi connectivity index (χ1v) is 9.51. The van der Waals surface area contributed by atoms with E-state index < -0.39 is 11.9 Å². The second-order valence-electron chi connectivity index (χ2n) is 7.56. The Morgan fingerprint density at radius 1 is 1.18 bits per heavy atom. The average molecular weight is 387 g/mol. The normalized spacial score (nSPS) is 12.2. The topological polar surface area (TPSA) is 88.8 Å². The van der Waals surface area contributed by atoms with Crippen molar-refractivity contribution in [3.8, 4) is 11.5 Å². The van der Waals surface area contributed by atoms with Crippen LogP contribution in [0.2, 0.25) is 0 Å². The molecular formula is C22H29NO5.